The van der Waals surface area contributed by atoms with Crippen molar-refractivity contribution in [2.75, 3.05) is 25.4 Å². The van der Waals surface area contributed by atoms with E-state index in [0.29, 0.717) is 5.56 Å². The Labute approximate surface area is 161 Å². The molecule has 2 heterocycles. The number of rotatable bonds is 6. The highest BCUT2D eigenvalue weighted by Crippen LogP contribution is 2.17. The summed E-state index contributed by atoms with van der Waals surface area (Å²) in [6.45, 7) is 0.597. The van der Waals surface area contributed by atoms with Crippen LogP contribution in [0.25, 0.3) is 0 Å². The number of nitrogens with one attached hydrogen (secondary N) is 2. The number of allylic oxidation sites excluding steroid dienone is 2. The Hall–Kier alpha value is -3.01. The van der Waals surface area contributed by atoms with Crippen molar-refractivity contribution in [1.29, 1.82) is 0 Å². The predicted molar refractivity (Wildman–Crippen MR) is 101 cm³/mol. The molecule has 0 aliphatic carbocycles. The summed E-state index contributed by atoms with van der Waals surface area (Å²) in [5, 5.41) is 5.29. The topological polar surface area (TPSA) is 108 Å². The highest BCUT2D eigenvalue weighted by Gasteiger charge is 2.29. The maximum atomic E-state index is 12.9. The van der Waals surface area contributed by atoms with Crippen LogP contribution >= 0.6 is 0 Å². The van der Waals surface area contributed by atoms with Gasteiger partial charge < -0.3 is 15.5 Å². The third kappa shape index (κ3) is 5.03. The molecule has 2 amide bonds. The summed E-state index contributed by atoms with van der Waals surface area (Å²) in [6.07, 6.45) is 4.92. The Bertz CT molecular complexity index is 968. The van der Waals surface area contributed by atoms with Crippen molar-refractivity contribution >= 4 is 27.7 Å². The van der Waals surface area contributed by atoms with Crippen LogP contribution in [0.1, 0.15) is 5.56 Å². The first-order chi connectivity index (χ1) is 13.3. The van der Waals surface area contributed by atoms with Gasteiger partial charge in [-0.05, 0) is 29.8 Å². The quantitative estimate of drug-likeness (QED) is 0.652. The van der Waals surface area contributed by atoms with Crippen molar-refractivity contribution in [3.05, 3.63) is 59.6 Å². The first-order valence-electron chi connectivity index (χ1n) is 8.61. The summed E-state index contributed by atoms with van der Waals surface area (Å²) < 4.78 is 40.0. The molecule has 0 radical (unpaired) electrons. The second-order valence-electron chi connectivity index (χ2n) is 6.23. The van der Waals surface area contributed by atoms with E-state index in [1.54, 1.807) is 17.2 Å². The second kappa shape index (κ2) is 8.34. The number of nitrogens with zero attached hydrogens (tertiary/aromatic N) is 2. The minimum Gasteiger partial charge on any atom is -0.354 e. The lowest BCUT2D eigenvalue weighted by Crippen LogP contribution is -2.43. The minimum atomic E-state index is -3.58. The van der Waals surface area contributed by atoms with E-state index < -0.39 is 15.9 Å². The summed E-state index contributed by atoms with van der Waals surface area (Å²) in [7, 11) is -3.58. The van der Waals surface area contributed by atoms with E-state index in [1.165, 1.54) is 30.3 Å². The molecule has 2 aliphatic rings. The summed E-state index contributed by atoms with van der Waals surface area (Å²) in [6, 6.07) is 5.63. The first-order valence-corrected chi connectivity index (χ1v) is 10.2. The molecule has 10 heteroatoms. The van der Waals surface area contributed by atoms with Gasteiger partial charge in [0.15, 0.2) is 5.84 Å². The maximum absolute atomic E-state index is 12.9. The van der Waals surface area contributed by atoms with Crippen LogP contribution in [0.15, 0.2) is 52.6 Å². The lowest BCUT2D eigenvalue weighted by molar-refractivity contribution is -0.121. The van der Waals surface area contributed by atoms with Gasteiger partial charge in [0.1, 0.15) is 5.82 Å². The number of carbonyl (C=O) groups is 2. The molecule has 2 N–H and O–H groups in total. The van der Waals surface area contributed by atoms with E-state index in [4.69, 9.17) is 0 Å². The summed E-state index contributed by atoms with van der Waals surface area (Å²) in [5.74, 6) is -1.10. The Morgan fingerprint density at radius 3 is 2.61 bits per heavy atom. The van der Waals surface area contributed by atoms with Crippen molar-refractivity contribution in [3.8, 4) is 0 Å². The number of fused-ring (bicyclic) bond motifs is 1. The number of benzene rings is 1. The zero-order valence-electron chi connectivity index (χ0n) is 14.9. The van der Waals surface area contributed by atoms with E-state index >= 15 is 0 Å². The number of amides is 2. The zero-order chi connectivity index (χ0) is 20.1. The van der Waals surface area contributed by atoms with Crippen molar-refractivity contribution < 1.29 is 22.4 Å². The number of sulfonamides is 1. The summed E-state index contributed by atoms with van der Waals surface area (Å²) in [5.41, 5.74) is 0.835. The van der Waals surface area contributed by atoms with E-state index in [-0.39, 0.29) is 54.9 Å². The number of carbonyl (C=O) groups excluding carboxylic acids is 2. The van der Waals surface area contributed by atoms with Gasteiger partial charge in [0, 0.05) is 25.8 Å². The van der Waals surface area contributed by atoms with Crippen molar-refractivity contribution in [2.45, 2.75) is 6.42 Å². The molecule has 0 bridgehead atoms. The van der Waals surface area contributed by atoms with Gasteiger partial charge in [0.2, 0.25) is 5.91 Å². The van der Waals surface area contributed by atoms with Gasteiger partial charge in [0.05, 0.1) is 17.7 Å². The molecule has 148 valence electrons. The van der Waals surface area contributed by atoms with Crippen molar-refractivity contribution in [1.82, 2.24) is 15.5 Å². The molecule has 0 aromatic heterocycles. The molecule has 0 fully saturated rings. The Kier molecular flexibility index (Phi) is 5.88. The van der Waals surface area contributed by atoms with Crippen LogP contribution in [0.2, 0.25) is 0 Å². The minimum absolute atomic E-state index is 0.101. The number of amidine groups is 1. The van der Waals surface area contributed by atoms with Gasteiger partial charge in [-0.15, -0.1) is 4.40 Å². The smallest absolute Gasteiger partial charge is 0.256 e. The highest BCUT2D eigenvalue weighted by atomic mass is 32.2. The van der Waals surface area contributed by atoms with Gasteiger partial charge >= 0.3 is 0 Å². The lowest BCUT2D eigenvalue weighted by Gasteiger charge is -2.28. The van der Waals surface area contributed by atoms with Crippen LogP contribution in [0.3, 0.4) is 0 Å². The Morgan fingerprint density at radius 1 is 1.14 bits per heavy atom. The molecule has 0 saturated carbocycles. The van der Waals surface area contributed by atoms with Crippen LogP contribution in [0.5, 0.6) is 0 Å². The van der Waals surface area contributed by atoms with Gasteiger partial charge in [-0.3, -0.25) is 9.59 Å². The zero-order valence-corrected chi connectivity index (χ0v) is 15.7. The standard InChI is InChI=1S/C18H19FN4O4S/c19-14-5-3-13(4-6-14)12-16(24)20-7-8-21-18(25)15-2-1-9-23-10-11-28(26,27)22-17(15)23/h1-6,9H,7-8,10-12H2,(H,20,24)(H,21,25). The molecule has 0 unspecified atom stereocenters. The summed E-state index contributed by atoms with van der Waals surface area (Å²) in [4.78, 5) is 25.9. The molecule has 2 aliphatic heterocycles. The average Bonchev–Trinajstić information content (AvgIpc) is 2.65. The van der Waals surface area contributed by atoms with Gasteiger partial charge in [0.25, 0.3) is 15.9 Å². The summed E-state index contributed by atoms with van der Waals surface area (Å²) >= 11 is 0. The largest absolute Gasteiger partial charge is 0.354 e. The first kappa shape index (κ1) is 19.7. The fourth-order valence-corrected chi connectivity index (χ4v) is 3.70. The molecule has 1 aromatic carbocycles. The Morgan fingerprint density at radius 2 is 1.86 bits per heavy atom. The molecular formula is C18H19FN4O4S. The van der Waals surface area contributed by atoms with Gasteiger partial charge in [-0.1, -0.05) is 12.1 Å². The van der Waals surface area contributed by atoms with E-state index in [0.717, 1.165) is 0 Å². The molecule has 0 atom stereocenters. The van der Waals surface area contributed by atoms with Crippen molar-refractivity contribution in [3.63, 3.8) is 0 Å². The second-order valence-corrected chi connectivity index (χ2v) is 7.98. The third-order valence-corrected chi connectivity index (χ3v) is 5.26. The van der Waals surface area contributed by atoms with E-state index in [1.807, 2.05) is 0 Å². The fourth-order valence-electron chi connectivity index (χ4n) is 2.72. The molecule has 1 aromatic rings. The van der Waals surface area contributed by atoms with Gasteiger partial charge in [-0.25, -0.2) is 12.8 Å². The van der Waals surface area contributed by atoms with E-state index in [2.05, 4.69) is 15.0 Å². The molecule has 0 spiro atoms. The van der Waals surface area contributed by atoms with Crippen LogP contribution in [-0.4, -0.2) is 56.4 Å². The third-order valence-electron chi connectivity index (χ3n) is 4.11. The maximum Gasteiger partial charge on any atom is 0.256 e. The molecular weight excluding hydrogens is 387 g/mol. The fraction of sp³-hybridized carbons (Fsp3) is 0.278. The average molecular weight is 406 g/mol. The Balaban J connectivity index is 1.48. The number of hydrogen-bond donors (Lipinski definition) is 2. The molecule has 3 rings (SSSR count). The highest BCUT2D eigenvalue weighted by molar-refractivity contribution is 7.90. The number of halogens is 1. The van der Waals surface area contributed by atoms with Crippen LogP contribution in [-0.2, 0) is 26.0 Å². The van der Waals surface area contributed by atoms with Crippen LogP contribution in [0, 0.1) is 5.82 Å². The SMILES string of the molecule is O=C(Cc1ccc(F)cc1)NCCNC(=O)C1=CC=CN2CCS(=O)(=O)N=C12. The molecule has 0 saturated heterocycles. The number of hydrogen-bond acceptors (Lipinski definition) is 5. The monoisotopic (exact) mass is 406 g/mol. The molecule has 28 heavy (non-hydrogen) atoms. The normalized spacial score (nSPS) is 17.2. The molecule has 8 nitrogen and oxygen atoms in total. The van der Waals surface area contributed by atoms with E-state index in [9.17, 15) is 22.4 Å². The van der Waals surface area contributed by atoms with Gasteiger partial charge in [-0.2, -0.15) is 0 Å². The lowest BCUT2D eigenvalue weighted by atomic mass is 10.1. The van der Waals surface area contributed by atoms with Crippen LogP contribution < -0.4 is 10.6 Å². The predicted octanol–water partition coefficient (Wildman–Crippen LogP) is 0.0982. The van der Waals surface area contributed by atoms with Crippen LogP contribution in [0.4, 0.5) is 4.39 Å². The van der Waals surface area contributed by atoms with Crippen molar-refractivity contribution in [2.24, 2.45) is 4.40 Å².